The molecule has 1 aromatic rings. The molecule has 2 nitrogen and oxygen atoms in total. The first kappa shape index (κ1) is 9.83. The van der Waals surface area contributed by atoms with E-state index in [0.29, 0.717) is 11.3 Å². The molecule has 0 unspecified atom stereocenters. The molecule has 0 radical (unpaired) electrons. The maximum Gasteiger partial charge on any atom is 0.433 e. The van der Waals surface area contributed by atoms with E-state index in [0.717, 1.165) is 6.07 Å². The van der Waals surface area contributed by atoms with Gasteiger partial charge in [0.1, 0.15) is 5.69 Å². The van der Waals surface area contributed by atoms with Gasteiger partial charge in [-0.25, -0.2) is 4.98 Å². The normalized spacial score (nSPS) is 11.8. The second-order valence-electron chi connectivity index (χ2n) is 2.80. The zero-order valence-corrected chi connectivity index (χ0v) is 7.24. The fourth-order valence-corrected chi connectivity index (χ4v) is 0.906. The Labute approximate surface area is 73.6 Å². The lowest BCUT2D eigenvalue weighted by atomic mass is 10.1. The smallest absolute Gasteiger partial charge is 0.398 e. The van der Waals surface area contributed by atoms with Crippen LogP contribution in [0.5, 0.6) is 0 Å². The van der Waals surface area contributed by atoms with Gasteiger partial charge in [-0.3, -0.25) is 0 Å². The number of nitrogens with zero attached hydrogens (tertiary/aromatic N) is 1. The average Bonchev–Trinajstić information content (AvgIpc) is 1.97. The Bertz CT molecular complexity index is 308. The number of anilines is 1. The van der Waals surface area contributed by atoms with Crippen molar-refractivity contribution >= 4 is 5.69 Å². The molecule has 0 aliphatic rings. The molecule has 0 aliphatic heterocycles. The fourth-order valence-electron chi connectivity index (χ4n) is 0.906. The van der Waals surface area contributed by atoms with Crippen LogP contribution >= 0.6 is 0 Å². The van der Waals surface area contributed by atoms with Crippen molar-refractivity contribution in [3.05, 3.63) is 23.0 Å². The molecule has 0 spiro atoms. The number of nitrogens with two attached hydrogens (primary N) is 1. The third-order valence-corrected chi connectivity index (χ3v) is 1.85. The summed E-state index contributed by atoms with van der Waals surface area (Å²) < 4.78 is 36.5. The zero-order chi connectivity index (χ0) is 10.2. The SMILES string of the molecule is Cc1nc(C(F)(F)F)cc(N)c1C. The highest BCUT2D eigenvalue weighted by Gasteiger charge is 2.33. The molecule has 0 fully saturated rings. The van der Waals surface area contributed by atoms with Crippen molar-refractivity contribution < 1.29 is 13.2 Å². The second kappa shape index (κ2) is 2.90. The molecule has 1 aromatic heterocycles. The van der Waals surface area contributed by atoms with Crippen molar-refractivity contribution in [1.82, 2.24) is 4.98 Å². The molecule has 0 amide bonds. The minimum atomic E-state index is -4.42. The van der Waals surface area contributed by atoms with Crippen LogP contribution in [-0.4, -0.2) is 4.98 Å². The Kier molecular flexibility index (Phi) is 2.19. The number of aryl methyl sites for hydroxylation is 1. The maximum absolute atomic E-state index is 12.2. The van der Waals surface area contributed by atoms with E-state index in [4.69, 9.17) is 5.73 Å². The highest BCUT2D eigenvalue weighted by Crippen LogP contribution is 2.30. The first-order chi connectivity index (χ1) is 5.82. The fraction of sp³-hybridized carbons (Fsp3) is 0.375. The predicted molar refractivity (Wildman–Crippen MR) is 43.1 cm³/mol. The summed E-state index contributed by atoms with van der Waals surface area (Å²) in [6, 6.07) is 0.850. The Morgan fingerprint density at radius 2 is 1.85 bits per heavy atom. The summed E-state index contributed by atoms with van der Waals surface area (Å²) in [6.07, 6.45) is -4.42. The molecule has 2 N–H and O–H groups in total. The number of aromatic nitrogens is 1. The van der Waals surface area contributed by atoms with E-state index in [1.807, 2.05) is 0 Å². The lowest BCUT2D eigenvalue weighted by Gasteiger charge is -2.09. The van der Waals surface area contributed by atoms with E-state index >= 15 is 0 Å². The third kappa shape index (κ3) is 1.91. The van der Waals surface area contributed by atoms with Crippen LogP contribution in [0, 0.1) is 13.8 Å². The van der Waals surface area contributed by atoms with Crippen LogP contribution in [0.4, 0.5) is 18.9 Å². The summed E-state index contributed by atoms with van der Waals surface area (Å²) in [5.41, 5.74) is 5.47. The van der Waals surface area contributed by atoms with Crippen LogP contribution in [0.2, 0.25) is 0 Å². The number of hydrogen-bond donors (Lipinski definition) is 1. The van der Waals surface area contributed by atoms with Crippen LogP contribution in [0.3, 0.4) is 0 Å². The van der Waals surface area contributed by atoms with Crippen LogP contribution in [0.25, 0.3) is 0 Å². The van der Waals surface area contributed by atoms with Crippen molar-refractivity contribution in [2.75, 3.05) is 5.73 Å². The van der Waals surface area contributed by atoms with Gasteiger partial charge in [0.25, 0.3) is 0 Å². The summed E-state index contributed by atoms with van der Waals surface area (Å²) in [5.74, 6) is 0. The number of halogens is 3. The number of nitrogen functional groups attached to an aromatic ring is 1. The van der Waals surface area contributed by atoms with Gasteiger partial charge in [-0.2, -0.15) is 13.2 Å². The Morgan fingerprint density at radius 3 is 2.23 bits per heavy atom. The molecule has 0 aliphatic carbocycles. The maximum atomic E-state index is 12.2. The molecular weight excluding hydrogens is 181 g/mol. The van der Waals surface area contributed by atoms with E-state index < -0.39 is 11.9 Å². The van der Waals surface area contributed by atoms with Gasteiger partial charge in [0.2, 0.25) is 0 Å². The molecule has 72 valence electrons. The molecule has 0 atom stereocenters. The summed E-state index contributed by atoms with van der Waals surface area (Å²) in [6.45, 7) is 3.14. The van der Waals surface area contributed by atoms with E-state index in [-0.39, 0.29) is 5.69 Å². The monoisotopic (exact) mass is 190 g/mol. The number of alkyl halides is 3. The van der Waals surface area contributed by atoms with Gasteiger partial charge in [-0.15, -0.1) is 0 Å². The minimum Gasteiger partial charge on any atom is -0.398 e. The van der Waals surface area contributed by atoms with E-state index in [2.05, 4.69) is 4.98 Å². The molecule has 0 saturated heterocycles. The van der Waals surface area contributed by atoms with Gasteiger partial charge >= 0.3 is 6.18 Å². The Morgan fingerprint density at radius 1 is 1.31 bits per heavy atom. The van der Waals surface area contributed by atoms with Gasteiger partial charge < -0.3 is 5.73 Å². The number of pyridine rings is 1. The van der Waals surface area contributed by atoms with Crippen molar-refractivity contribution in [3.63, 3.8) is 0 Å². The largest absolute Gasteiger partial charge is 0.433 e. The molecule has 1 rings (SSSR count). The first-order valence-corrected chi connectivity index (χ1v) is 3.63. The highest BCUT2D eigenvalue weighted by molar-refractivity contribution is 5.49. The Balaban J connectivity index is 3.29. The second-order valence-corrected chi connectivity index (χ2v) is 2.80. The molecular formula is C8H9F3N2. The average molecular weight is 190 g/mol. The van der Waals surface area contributed by atoms with Gasteiger partial charge in [0.15, 0.2) is 0 Å². The third-order valence-electron chi connectivity index (χ3n) is 1.85. The topological polar surface area (TPSA) is 38.9 Å². The number of hydrogen-bond acceptors (Lipinski definition) is 2. The van der Waals surface area contributed by atoms with E-state index in [9.17, 15) is 13.2 Å². The summed E-state index contributed by atoms with van der Waals surface area (Å²) in [7, 11) is 0. The van der Waals surface area contributed by atoms with Crippen molar-refractivity contribution in [3.8, 4) is 0 Å². The molecule has 0 bridgehead atoms. The minimum absolute atomic E-state index is 0.125. The van der Waals surface area contributed by atoms with Crippen LogP contribution in [0.15, 0.2) is 6.07 Å². The van der Waals surface area contributed by atoms with Gasteiger partial charge in [0.05, 0.1) is 0 Å². The molecule has 1 heterocycles. The highest BCUT2D eigenvalue weighted by atomic mass is 19.4. The van der Waals surface area contributed by atoms with Gasteiger partial charge in [0, 0.05) is 11.4 Å². The zero-order valence-electron chi connectivity index (χ0n) is 7.24. The lowest BCUT2D eigenvalue weighted by Crippen LogP contribution is -2.10. The summed E-state index contributed by atoms with van der Waals surface area (Å²) in [4.78, 5) is 3.40. The van der Waals surface area contributed by atoms with Crippen molar-refractivity contribution in [2.45, 2.75) is 20.0 Å². The molecule has 5 heteroatoms. The standard InChI is InChI=1S/C8H9F3N2/c1-4-5(2)13-7(3-6(4)12)8(9,10)11/h3H,1-2H3,(H2,12,13). The van der Waals surface area contributed by atoms with Gasteiger partial charge in [-0.05, 0) is 25.5 Å². The Hall–Kier alpha value is -1.26. The lowest BCUT2D eigenvalue weighted by molar-refractivity contribution is -0.141. The van der Waals surface area contributed by atoms with Crippen molar-refractivity contribution in [1.29, 1.82) is 0 Å². The number of rotatable bonds is 0. The molecule has 0 aromatic carbocycles. The molecule has 13 heavy (non-hydrogen) atoms. The summed E-state index contributed by atoms with van der Waals surface area (Å²) in [5, 5.41) is 0. The quantitative estimate of drug-likeness (QED) is 0.681. The van der Waals surface area contributed by atoms with Crippen molar-refractivity contribution in [2.24, 2.45) is 0 Å². The van der Waals surface area contributed by atoms with Crippen LogP contribution in [-0.2, 0) is 6.18 Å². The first-order valence-electron chi connectivity index (χ1n) is 3.63. The predicted octanol–water partition coefficient (Wildman–Crippen LogP) is 2.30. The van der Waals surface area contributed by atoms with Crippen LogP contribution < -0.4 is 5.73 Å². The molecule has 0 saturated carbocycles. The van der Waals surface area contributed by atoms with Crippen LogP contribution in [0.1, 0.15) is 17.0 Å². The van der Waals surface area contributed by atoms with Gasteiger partial charge in [-0.1, -0.05) is 0 Å². The van der Waals surface area contributed by atoms with E-state index in [1.165, 1.54) is 6.92 Å². The van der Waals surface area contributed by atoms with E-state index in [1.54, 1.807) is 6.92 Å². The summed E-state index contributed by atoms with van der Waals surface area (Å²) >= 11 is 0.